The second kappa shape index (κ2) is 9.97. The Hall–Kier alpha value is -4.97. The van der Waals surface area contributed by atoms with Crippen LogP contribution in [0.2, 0.25) is 0 Å². The van der Waals surface area contributed by atoms with Gasteiger partial charge in [0.25, 0.3) is 0 Å². The summed E-state index contributed by atoms with van der Waals surface area (Å²) in [6.07, 6.45) is 0. The van der Waals surface area contributed by atoms with Gasteiger partial charge in [-0.25, -0.2) is 4.98 Å². The molecule has 5 aromatic carbocycles. The quantitative estimate of drug-likeness (QED) is 0.246. The fourth-order valence-corrected chi connectivity index (χ4v) is 5.58. The topological polar surface area (TPSA) is 58.3 Å². The molecule has 5 heteroatoms. The van der Waals surface area contributed by atoms with Crippen molar-refractivity contribution in [2.75, 3.05) is 0 Å². The first-order chi connectivity index (χ1) is 19.7. The van der Waals surface area contributed by atoms with Crippen LogP contribution >= 0.6 is 0 Å². The van der Waals surface area contributed by atoms with Crippen molar-refractivity contribution in [3.8, 4) is 39.3 Å². The summed E-state index contributed by atoms with van der Waals surface area (Å²) in [5.41, 5.74) is 9.49. The second-order valence-electron chi connectivity index (χ2n) is 9.88. The van der Waals surface area contributed by atoms with Crippen molar-refractivity contribution >= 4 is 34.4 Å². The van der Waals surface area contributed by atoms with Gasteiger partial charge in [0.2, 0.25) is 0 Å². The molecule has 4 nitrogen and oxygen atoms in total. The van der Waals surface area contributed by atoms with Crippen LogP contribution < -0.4 is 5.46 Å². The van der Waals surface area contributed by atoms with Gasteiger partial charge in [0.15, 0.2) is 0 Å². The highest BCUT2D eigenvalue weighted by Crippen LogP contribution is 2.34. The van der Waals surface area contributed by atoms with Crippen LogP contribution in [0.15, 0.2) is 140 Å². The highest BCUT2D eigenvalue weighted by molar-refractivity contribution is 6.63. The summed E-state index contributed by atoms with van der Waals surface area (Å²) in [7, 11) is -1.56. The number of benzene rings is 5. The van der Waals surface area contributed by atoms with Crippen LogP contribution in [0.4, 0.5) is 0 Å². The van der Waals surface area contributed by atoms with Gasteiger partial charge in [0.05, 0.1) is 22.4 Å². The lowest BCUT2D eigenvalue weighted by atomic mass is 9.77. The van der Waals surface area contributed by atoms with Gasteiger partial charge in [-0.2, -0.15) is 0 Å². The van der Waals surface area contributed by atoms with Gasteiger partial charge >= 0.3 is 7.12 Å². The molecule has 7 rings (SSSR count). The summed E-state index contributed by atoms with van der Waals surface area (Å²) in [4.78, 5) is 5.11. The molecule has 0 bridgehead atoms. The van der Waals surface area contributed by atoms with Crippen molar-refractivity contribution in [3.63, 3.8) is 0 Å². The van der Waals surface area contributed by atoms with E-state index in [2.05, 4.69) is 83.4 Å². The van der Waals surface area contributed by atoms with E-state index in [1.54, 1.807) is 6.07 Å². The van der Waals surface area contributed by atoms with E-state index < -0.39 is 7.12 Å². The van der Waals surface area contributed by atoms with Crippen molar-refractivity contribution in [2.45, 2.75) is 0 Å². The zero-order chi connectivity index (χ0) is 27.1. The Kier molecular flexibility index (Phi) is 6.01. The van der Waals surface area contributed by atoms with Crippen LogP contribution in [-0.2, 0) is 0 Å². The molecule has 0 amide bonds. The standard InChI is InChI=1S/C35H25BN2O2/c39-36(40)30-18-10-20-34-35(30)29-17-7-8-19-33(29)38(34)28-16-9-15-26(21-28)32-23-27(24-11-3-1-4-12-24)22-31(37-32)25-13-5-2-6-14-25/h1-23,39-40H. The van der Waals surface area contributed by atoms with Crippen LogP contribution in [0, 0.1) is 0 Å². The lowest BCUT2D eigenvalue weighted by Crippen LogP contribution is -2.30. The number of pyridine rings is 1. The maximum absolute atomic E-state index is 10.1. The van der Waals surface area contributed by atoms with Gasteiger partial charge in [0, 0.05) is 27.6 Å². The summed E-state index contributed by atoms with van der Waals surface area (Å²) >= 11 is 0. The van der Waals surface area contributed by atoms with Gasteiger partial charge in [-0.15, -0.1) is 0 Å². The SMILES string of the molecule is OB(O)c1cccc2c1c1ccccc1n2-c1cccc(-c2cc(-c3ccccc3)cc(-c3ccccc3)n2)c1. The van der Waals surface area contributed by atoms with E-state index >= 15 is 0 Å². The average Bonchev–Trinajstić information content (AvgIpc) is 3.36. The first-order valence-electron chi connectivity index (χ1n) is 13.3. The van der Waals surface area contributed by atoms with Crippen molar-refractivity contribution in [3.05, 3.63) is 140 Å². The molecule has 2 N–H and O–H groups in total. The van der Waals surface area contributed by atoms with E-state index in [-0.39, 0.29) is 0 Å². The van der Waals surface area contributed by atoms with E-state index in [9.17, 15) is 10.0 Å². The molecule has 0 aliphatic heterocycles. The molecule has 0 spiro atoms. The van der Waals surface area contributed by atoms with Gasteiger partial charge < -0.3 is 14.6 Å². The molecule has 0 saturated heterocycles. The molecule has 40 heavy (non-hydrogen) atoms. The third-order valence-corrected chi connectivity index (χ3v) is 7.41. The van der Waals surface area contributed by atoms with Gasteiger partial charge in [-0.05, 0) is 53.0 Å². The molecule has 0 unspecified atom stereocenters. The number of hydrogen-bond acceptors (Lipinski definition) is 3. The summed E-state index contributed by atoms with van der Waals surface area (Å²) in [6, 6.07) is 47.0. The van der Waals surface area contributed by atoms with Crippen LogP contribution in [0.1, 0.15) is 0 Å². The first kappa shape index (κ1) is 24.1. The van der Waals surface area contributed by atoms with Gasteiger partial charge in [0.1, 0.15) is 0 Å². The number of aromatic nitrogens is 2. The minimum atomic E-state index is -1.56. The summed E-state index contributed by atoms with van der Waals surface area (Å²) in [6.45, 7) is 0. The zero-order valence-electron chi connectivity index (χ0n) is 21.6. The summed E-state index contributed by atoms with van der Waals surface area (Å²) in [5.74, 6) is 0. The predicted molar refractivity (Wildman–Crippen MR) is 165 cm³/mol. The van der Waals surface area contributed by atoms with Crippen LogP contribution in [0.5, 0.6) is 0 Å². The largest absolute Gasteiger partial charge is 0.489 e. The highest BCUT2D eigenvalue weighted by Gasteiger charge is 2.21. The van der Waals surface area contributed by atoms with Crippen LogP contribution in [0.3, 0.4) is 0 Å². The van der Waals surface area contributed by atoms with Crippen LogP contribution in [0.25, 0.3) is 61.1 Å². The number of nitrogens with zero attached hydrogens (tertiary/aromatic N) is 2. The van der Waals surface area contributed by atoms with E-state index in [0.29, 0.717) is 5.46 Å². The summed E-state index contributed by atoms with van der Waals surface area (Å²) < 4.78 is 2.18. The van der Waals surface area contributed by atoms with Crippen molar-refractivity contribution < 1.29 is 10.0 Å². The predicted octanol–water partition coefficient (Wildman–Crippen LogP) is 6.86. The molecule has 190 valence electrons. The Balaban J connectivity index is 1.45. The Bertz CT molecular complexity index is 1920. The van der Waals surface area contributed by atoms with Crippen molar-refractivity contribution in [1.82, 2.24) is 9.55 Å². The molecule has 0 atom stereocenters. The Morgan fingerprint density at radius 2 is 1.10 bits per heavy atom. The molecule has 0 radical (unpaired) electrons. The lowest BCUT2D eigenvalue weighted by Gasteiger charge is -2.13. The van der Waals surface area contributed by atoms with Crippen molar-refractivity contribution in [2.24, 2.45) is 0 Å². The summed E-state index contributed by atoms with van der Waals surface area (Å²) in [5, 5.41) is 22.1. The number of hydrogen-bond donors (Lipinski definition) is 2. The van der Waals surface area contributed by atoms with Crippen LogP contribution in [-0.4, -0.2) is 26.7 Å². The van der Waals surface area contributed by atoms with E-state index in [1.165, 1.54) is 0 Å². The monoisotopic (exact) mass is 516 g/mol. The van der Waals surface area contributed by atoms with Gasteiger partial charge in [-0.1, -0.05) is 103 Å². The molecule has 0 saturated carbocycles. The Morgan fingerprint density at radius 3 is 1.85 bits per heavy atom. The number of para-hydroxylation sites is 1. The molecular formula is C35H25BN2O2. The molecule has 7 aromatic rings. The van der Waals surface area contributed by atoms with E-state index in [1.807, 2.05) is 54.6 Å². The molecule has 0 aliphatic rings. The molecule has 0 fully saturated rings. The van der Waals surface area contributed by atoms with Crippen molar-refractivity contribution in [1.29, 1.82) is 0 Å². The maximum Gasteiger partial charge on any atom is 0.489 e. The van der Waals surface area contributed by atoms with E-state index in [0.717, 1.165) is 61.1 Å². The maximum atomic E-state index is 10.1. The normalized spacial score (nSPS) is 11.2. The Labute approximate surface area is 232 Å². The smallest absolute Gasteiger partial charge is 0.423 e. The van der Waals surface area contributed by atoms with E-state index in [4.69, 9.17) is 4.98 Å². The lowest BCUT2D eigenvalue weighted by molar-refractivity contribution is 0.426. The zero-order valence-corrected chi connectivity index (χ0v) is 21.6. The highest BCUT2D eigenvalue weighted by atomic mass is 16.4. The minimum Gasteiger partial charge on any atom is -0.423 e. The average molecular weight is 516 g/mol. The number of fused-ring (bicyclic) bond motifs is 3. The molecular weight excluding hydrogens is 491 g/mol. The second-order valence-corrected chi connectivity index (χ2v) is 9.88. The molecule has 2 aromatic heterocycles. The fraction of sp³-hybridized carbons (Fsp3) is 0. The molecule has 2 heterocycles. The fourth-order valence-electron chi connectivity index (χ4n) is 5.58. The minimum absolute atomic E-state index is 0.494. The van der Waals surface area contributed by atoms with Gasteiger partial charge in [-0.3, -0.25) is 0 Å². The molecule has 0 aliphatic carbocycles. The Morgan fingerprint density at radius 1 is 0.500 bits per heavy atom. The third kappa shape index (κ3) is 4.18. The first-order valence-corrected chi connectivity index (χ1v) is 13.3. The third-order valence-electron chi connectivity index (χ3n) is 7.41. The number of rotatable bonds is 5.